The van der Waals surface area contributed by atoms with E-state index < -0.39 is 23.6 Å². The lowest BCUT2D eigenvalue weighted by molar-refractivity contribution is -0.143. The van der Waals surface area contributed by atoms with Gasteiger partial charge >= 0.3 is 5.97 Å². The highest BCUT2D eigenvalue weighted by Gasteiger charge is 2.29. The maximum Gasteiger partial charge on any atom is 0.325 e. The third-order valence-corrected chi connectivity index (χ3v) is 6.26. The summed E-state index contributed by atoms with van der Waals surface area (Å²) in [6, 6.07) is 14.2. The molecule has 2 amide bonds. The molecule has 5 rings (SSSR count). The van der Waals surface area contributed by atoms with Gasteiger partial charge in [-0.1, -0.05) is 29.4 Å². The van der Waals surface area contributed by atoms with E-state index in [1.54, 1.807) is 29.7 Å². The van der Waals surface area contributed by atoms with Crippen molar-refractivity contribution in [3.8, 4) is 0 Å². The minimum atomic E-state index is -0.689. The molecule has 0 unspecified atom stereocenters. The van der Waals surface area contributed by atoms with Crippen molar-refractivity contribution >= 4 is 40.2 Å². The van der Waals surface area contributed by atoms with E-state index in [0.717, 1.165) is 11.1 Å². The van der Waals surface area contributed by atoms with Crippen molar-refractivity contribution in [3.63, 3.8) is 0 Å². The summed E-state index contributed by atoms with van der Waals surface area (Å²) in [4.78, 5) is 52.9. The molecule has 0 radical (unpaired) electrons. The summed E-state index contributed by atoms with van der Waals surface area (Å²) in [7, 11) is 0. The molecule has 10 nitrogen and oxygen atoms in total. The number of nitrogens with zero attached hydrogens (tertiary/aromatic N) is 3. The normalized spacial score (nSPS) is 12.7. The Kier molecular flexibility index (Phi) is 6.55. The minimum Gasteiger partial charge on any atom is -0.465 e. The van der Waals surface area contributed by atoms with Crippen LogP contribution in [0.3, 0.4) is 0 Å². The summed E-state index contributed by atoms with van der Waals surface area (Å²) in [6.07, 6.45) is 3.51. The maximum atomic E-state index is 13.5. The third kappa shape index (κ3) is 4.86. The number of aromatic nitrogens is 2. The van der Waals surface area contributed by atoms with Gasteiger partial charge < -0.3 is 24.0 Å². The fourth-order valence-corrected chi connectivity index (χ4v) is 4.49. The molecule has 0 fully saturated rings. The molecular formula is C27H24N4O6. The fourth-order valence-electron chi connectivity index (χ4n) is 4.49. The van der Waals surface area contributed by atoms with Crippen LogP contribution in [0, 0.1) is 0 Å². The van der Waals surface area contributed by atoms with Crippen molar-refractivity contribution in [1.29, 1.82) is 0 Å². The van der Waals surface area contributed by atoms with Gasteiger partial charge in [0.2, 0.25) is 5.76 Å². The highest BCUT2D eigenvalue weighted by atomic mass is 16.5. The second-order valence-electron chi connectivity index (χ2n) is 8.61. The van der Waals surface area contributed by atoms with E-state index >= 15 is 0 Å². The Morgan fingerprint density at radius 3 is 2.65 bits per heavy atom. The van der Waals surface area contributed by atoms with Gasteiger partial charge in [-0.15, -0.1) is 0 Å². The zero-order chi connectivity index (χ0) is 25.9. The first-order valence-electron chi connectivity index (χ1n) is 11.9. The predicted octanol–water partition coefficient (Wildman–Crippen LogP) is 3.21. The zero-order valence-electron chi connectivity index (χ0n) is 20.1. The number of hydrogen-bond donors (Lipinski definition) is 1. The van der Waals surface area contributed by atoms with Crippen LogP contribution < -0.4 is 5.32 Å². The van der Waals surface area contributed by atoms with E-state index in [1.807, 2.05) is 24.3 Å². The number of carbonyl (C=O) groups excluding carboxylic acids is 4. The monoisotopic (exact) mass is 500 g/mol. The number of fused-ring (bicyclic) bond motifs is 2. The predicted molar refractivity (Wildman–Crippen MR) is 133 cm³/mol. The smallest absolute Gasteiger partial charge is 0.325 e. The topological polar surface area (TPSA) is 124 Å². The van der Waals surface area contributed by atoms with Gasteiger partial charge in [0.15, 0.2) is 0 Å². The number of esters is 1. The van der Waals surface area contributed by atoms with Crippen molar-refractivity contribution in [3.05, 3.63) is 83.4 Å². The summed E-state index contributed by atoms with van der Waals surface area (Å²) >= 11 is 0. The molecule has 1 aliphatic heterocycles. The number of amides is 2. The lowest BCUT2D eigenvalue weighted by atomic mass is 9.99. The lowest BCUT2D eigenvalue weighted by Gasteiger charge is -2.28. The van der Waals surface area contributed by atoms with Gasteiger partial charge in [-0.2, -0.15) is 0 Å². The second-order valence-corrected chi connectivity index (χ2v) is 8.61. The van der Waals surface area contributed by atoms with Gasteiger partial charge in [0.05, 0.1) is 18.4 Å². The molecule has 1 aliphatic rings. The highest BCUT2D eigenvalue weighted by molar-refractivity contribution is 6.45. The van der Waals surface area contributed by atoms with Crippen LogP contribution in [0.1, 0.15) is 39.0 Å². The summed E-state index contributed by atoms with van der Waals surface area (Å²) in [5, 5.41) is 6.65. The van der Waals surface area contributed by atoms with E-state index in [1.165, 1.54) is 23.4 Å². The molecule has 2 aromatic heterocycles. The Bertz CT molecular complexity index is 1500. The van der Waals surface area contributed by atoms with Crippen LogP contribution in [0.15, 0.2) is 65.4 Å². The van der Waals surface area contributed by atoms with Crippen LogP contribution in [-0.4, -0.2) is 51.3 Å². The fraction of sp³-hybridized carbons (Fsp3) is 0.222. The van der Waals surface area contributed by atoms with Gasteiger partial charge in [0, 0.05) is 41.9 Å². The van der Waals surface area contributed by atoms with Crippen LogP contribution in [0.2, 0.25) is 0 Å². The summed E-state index contributed by atoms with van der Waals surface area (Å²) in [5.41, 5.74) is 3.25. The molecule has 2 aromatic carbocycles. The average Bonchev–Trinajstić information content (AvgIpc) is 3.56. The van der Waals surface area contributed by atoms with Gasteiger partial charge in [-0.25, -0.2) is 0 Å². The van der Waals surface area contributed by atoms with E-state index in [-0.39, 0.29) is 24.5 Å². The number of hydrogen-bond acceptors (Lipinski definition) is 7. The quantitative estimate of drug-likeness (QED) is 0.235. The Morgan fingerprint density at radius 1 is 1.08 bits per heavy atom. The van der Waals surface area contributed by atoms with E-state index in [4.69, 9.17) is 9.26 Å². The van der Waals surface area contributed by atoms with Gasteiger partial charge in [-0.05, 0) is 42.7 Å². The molecule has 37 heavy (non-hydrogen) atoms. The number of ketones is 1. The van der Waals surface area contributed by atoms with Gasteiger partial charge in [0.1, 0.15) is 6.54 Å². The molecule has 3 heterocycles. The van der Waals surface area contributed by atoms with Crippen LogP contribution in [0.4, 0.5) is 5.69 Å². The first kappa shape index (κ1) is 24.0. The molecule has 0 spiro atoms. The molecule has 4 aromatic rings. The largest absolute Gasteiger partial charge is 0.465 e. The Balaban J connectivity index is 1.47. The van der Waals surface area contributed by atoms with Crippen LogP contribution >= 0.6 is 0 Å². The van der Waals surface area contributed by atoms with Crippen molar-refractivity contribution in [2.45, 2.75) is 26.4 Å². The number of Topliss-reactive ketones (excluding diaryl/α,β-unsaturated/α-hetero) is 1. The van der Waals surface area contributed by atoms with Crippen molar-refractivity contribution in [1.82, 2.24) is 14.6 Å². The number of rotatable bonds is 7. The second kappa shape index (κ2) is 10.1. The van der Waals surface area contributed by atoms with E-state index in [0.29, 0.717) is 36.1 Å². The number of anilines is 1. The third-order valence-electron chi connectivity index (χ3n) is 6.26. The molecule has 0 saturated carbocycles. The maximum absolute atomic E-state index is 13.5. The van der Waals surface area contributed by atoms with Crippen LogP contribution in [-0.2, 0) is 33.8 Å². The Labute approximate surface area is 211 Å². The molecule has 0 saturated heterocycles. The van der Waals surface area contributed by atoms with Crippen molar-refractivity contribution in [2.24, 2.45) is 0 Å². The average molecular weight is 501 g/mol. The van der Waals surface area contributed by atoms with Crippen LogP contribution in [0.25, 0.3) is 10.9 Å². The molecule has 0 atom stereocenters. The van der Waals surface area contributed by atoms with Crippen LogP contribution in [0.5, 0.6) is 0 Å². The molecule has 0 aliphatic carbocycles. The molecule has 0 bridgehead atoms. The minimum absolute atomic E-state index is 0.0248. The van der Waals surface area contributed by atoms with Gasteiger partial charge in [0.25, 0.3) is 17.6 Å². The molecular weight excluding hydrogens is 476 g/mol. The summed E-state index contributed by atoms with van der Waals surface area (Å²) in [6.45, 7) is 2.57. The number of carbonyl (C=O) groups is 4. The molecule has 10 heteroatoms. The standard InChI is InChI=1S/C27H24N4O6/c1-2-36-24(32)16-31-15-21(25(33)27(35)30-12-10-17-5-3-4-6-18(17)14-30)20-13-19(7-8-22(20)31)29-26(34)23-9-11-28-37-23/h3-9,11,13,15H,2,10,12,14,16H2,1H3,(H,29,34). The van der Waals surface area contributed by atoms with E-state index in [9.17, 15) is 19.2 Å². The Hall–Kier alpha value is -4.73. The first-order chi connectivity index (χ1) is 17.9. The summed E-state index contributed by atoms with van der Waals surface area (Å²) in [5.74, 6) is -2.28. The summed E-state index contributed by atoms with van der Waals surface area (Å²) < 4.78 is 11.5. The lowest BCUT2D eigenvalue weighted by Crippen LogP contribution is -2.40. The number of benzene rings is 2. The Morgan fingerprint density at radius 2 is 1.89 bits per heavy atom. The molecule has 188 valence electrons. The SMILES string of the molecule is CCOC(=O)Cn1cc(C(=O)C(=O)N2CCc3ccccc3C2)c2cc(NC(=O)c3ccno3)ccc21. The number of ether oxygens (including phenoxy) is 1. The van der Waals surface area contributed by atoms with Crippen molar-refractivity contribution < 1.29 is 28.4 Å². The van der Waals surface area contributed by atoms with Gasteiger partial charge in [-0.3, -0.25) is 19.2 Å². The first-order valence-corrected chi connectivity index (χ1v) is 11.9. The highest BCUT2D eigenvalue weighted by Crippen LogP contribution is 2.27. The van der Waals surface area contributed by atoms with Crippen molar-refractivity contribution in [2.75, 3.05) is 18.5 Å². The van der Waals surface area contributed by atoms with E-state index in [2.05, 4.69) is 10.5 Å². The number of nitrogens with one attached hydrogen (secondary N) is 1. The molecule has 1 N–H and O–H groups in total. The zero-order valence-corrected chi connectivity index (χ0v) is 20.1.